The second-order valence-electron chi connectivity index (χ2n) is 2.52. The monoisotopic (exact) mass is 215 g/mol. The molecule has 0 aliphatic carbocycles. The van der Waals surface area contributed by atoms with Crippen molar-refractivity contribution in [3.8, 4) is 0 Å². The van der Waals surface area contributed by atoms with Crippen LogP contribution in [0.3, 0.4) is 0 Å². The van der Waals surface area contributed by atoms with E-state index in [0.29, 0.717) is 5.39 Å². The molecule has 0 unspecified atom stereocenters. The van der Waals surface area contributed by atoms with Crippen LogP contribution in [0.1, 0.15) is 0 Å². The van der Waals surface area contributed by atoms with Gasteiger partial charge in [0.05, 0.1) is 0 Å². The fourth-order valence-corrected chi connectivity index (χ4v) is 1.31. The summed E-state index contributed by atoms with van der Waals surface area (Å²) in [5.41, 5.74) is -0.172. The summed E-state index contributed by atoms with van der Waals surface area (Å²) in [6.07, 6.45) is 1.55. The number of pyridine rings is 1. The van der Waals surface area contributed by atoms with Crippen LogP contribution < -0.4 is 5.56 Å². The standard InChI is InChI=1S/C9H6ClNO.ClH/c10-11-6-5-7-3-1-2-4-8(7)9(11)12;/h1-6H;1H. The molecule has 2 nitrogen and oxygen atoms in total. The van der Waals surface area contributed by atoms with Crippen LogP contribution in [0.15, 0.2) is 41.3 Å². The summed E-state index contributed by atoms with van der Waals surface area (Å²) in [7, 11) is 0. The Morgan fingerprint density at radius 2 is 1.85 bits per heavy atom. The molecule has 0 fully saturated rings. The Hall–Kier alpha value is -0.990. The Morgan fingerprint density at radius 3 is 2.62 bits per heavy atom. The minimum absolute atomic E-state index is 0. The molecule has 0 bridgehead atoms. The van der Waals surface area contributed by atoms with Crippen molar-refractivity contribution in [2.24, 2.45) is 0 Å². The number of benzene rings is 1. The van der Waals surface area contributed by atoms with E-state index < -0.39 is 0 Å². The lowest BCUT2D eigenvalue weighted by atomic mass is 10.2. The molecule has 0 atom stereocenters. The summed E-state index contributed by atoms with van der Waals surface area (Å²) in [6, 6.07) is 9.16. The molecule has 0 aliphatic rings. The first kappa shape index (κ1) is 10.1. The summed E-state index contributed by atoms with van der Waals surface area (Å²) >= 11 is 5.59. The summed E-state index contributed by atoms with van der Waals surface area (Å²) in [5.74, 6) is 0. The number of hydrogen-bond acceptors (Lipinski definition) is 1. The van der Waals surface area contributed by atoms with E-state index in [1.807, 2.05) is 24.3 Å². The molecule has 68 valence electrons. The van der Waals surface area contributed by atoms with E-state index in [1.165, 1.54) is 0 Å². The Balaban J connectivity index is 0.000000845. The summed E-state index contributed by atoms with van der Waals surface area (Å²) in [5, 5.41) is 1.56. The van der Waals surface area contributed by atoms with E-state index >= 15 is 0 Å². The van der Waals surface area contributed by atoms with E-state index in [1.54, 1.807) is 12.3 Å². The molecule has 2 rings (SSSR count). The van der Waals surface area contributed by atoms with Gasteiger partial charge in [0, 0.05) is 23.4 Å². The number of fused-ring (bicyclic) bond motifs is 1. The van der Waals surface area contributed by atoms with Gasteiger partial charge >= 0.3 is 0 Å². The molecule has 2 aromatic rings. The smallest absolute Gasteiger partial charge is 0.267 e. The zero-order valence-electron chi connectivity index (χ0n) is 6.61. The summed E-state index contributed by atoms with van der Waals surface area (Å²) in [6.45, 7) is 0. The van der Waals surface area contributed by atoms with E-state index in [9.17, 15) is 4.79 Å². The second-order valence-corrected chi connectivity index (χ2v) is 2.88. The normalized spacial score (nSPS) is 9.62. The summed E-state index contributed by atoms with van der Waals surface area (Å²) < 4.78 is 1.06. The third-order valence-corrected chi connectivity index (χ3v) is 2.04. The highest BCUT2D eigenvalue weighted by Crippen LogP contribution is 2.07. The Labute approximate surface area is 86.3 Å². The molecule has 0 aliphatic heterocycles. The quantitative estimate of drug-likeness (QED) is 0.662. The van der Waals surface area contributed by atoms with Gasteiger partial charge < -0.3 is 0 Å². The van der Waals surface area contributed by atoms with Crippen molar-refractivity contribution in [2.45, 2.75) is 0 Å². The maximum absolute atomic E-state index is 11.4. The van der Waals surface area contributed by atoms with Gasteiger partial charge in [-0.05, 0) is 17.5 Å². The van der Waals surface area contributed by atoms with Crippen molar-refractivity contribution >= 4 is 35.0 Å². The van der Waals surface area contributed by atoms with E-state index in [-0.39, 0.29) is 18.0 Å². The molecule has 13 heavy (non-hydrogen) atoms. The molecule has 1 heterocycles. The van der Waals surface area contributed by atoms with Gasteiger partial charge in [0.15, 0.2) is 0 Å². The van der Waals surface area contributed by atoms with Gasteiger partial charge in [0.1, 0.15) is 0 Å². The van der Waals surface area contributed by atoms with Crippen LogP contribution in [-0.4, -0.2) is 4.09 Å². The van der Waals surface area contributed by atoms with E-state index in [2.05, 4.69) is 0 Å². The van der Waals surface area contributed by atoms with Crippen LogP contribution in [0.2, 0.25) is 0 Å². The van der Waals surface area contributed by atoms with Crippen molar-refractivity contribution in [1.29, 1.82) is 0 Å². The van der Waals surface area contributed by atoms with Crippen molar-refractivity contribution in [1.82, 2.24) is 4.09 Å². The van der Waals surface area contributed by atoms with Gasteiger partial charge in [-0.1, -0.05) is 18.2 Å². The van der Waals surface area contributed by atoms with Crippen LogP contribution >= 0.6 is 24.2 Å². The average molecular weight is 216 g/mol. The molecule has 0 N–H and O–H groups in total. The number of aromatic nitrogens is 1. The first-order valence-electron chi connectivity index (χ1n) is 3.55. The van der Waals surface area contributed by atoms with Gasteiger partial charge in [0.25, 0.3) is 5.56 Å². The SMILES string of the molecule is Cl.O=c1c2ccccc2ccn1Cl. The molecule has 1 aromatic heterocycles. The van der Waals surface area contributed by atoms with Crippen molar-refractivity contribution < 1.29 is 0 Å². The largest absolute Gasteiger partial charge is 0.272 e. The van der Waals surface area contributed by atoms with Gasteiger partial charge in [-0.25, -0.2) is 4.09 Å². The first-order chi connectivity index (χ1) is 5.79. The zero-order valence-corrected chi connectivity index (χ0v) is 8.18. The third-order valence-electron chi connectivity index (χ3n) is 1.77. The zero-order chi connectivity index (χ0) is 8.55. The van der Waals surface area contributed by atoms with Crippen LogP contribution in [0.25, 0.3) is 10.8 Å². The highest BCUT2D eigenvalue weighted by Gasteiger charge is 1.97. The van der Waals surface area contributed by atoms with Gasteiger partial charge in [-0.15, -0.1) is 12.4 Å². The number of nitrogens with zero attached hydrogens (tertiary/aromatic N) is 1. The Kier molecular flexibility index (Phi) is 2.96. The number of hydrogen-bond donors (Lipinski definition) is 0. The highest BCUT2D eigenvalue weighted by molar-refractivity contribution is 6.15. The van der Waals surface area contributed by atoms with Crippen LogP contribution in [0.5, 0.6) is 0 Å². The molecule has 0 radical (unpaired) electrons. The lowest BCUT2D eigenvalue weighted by Crippen LogP contribution is -2.11. The molecule has 0 spiro atoms. The fourth-order valence-electron chi connectivity index (χ4n) is 1.17. The van der Waals surface area contributed by atoms with Crippen LogP contribution in [-0.2, 0) is 0 Å². The van der Waals surface area contributed by atoms with Crippen molar-refractivity contribution in [2.75, 3.05) is 0 Å². The number of rotatable bonds is 0. The molecular weight excluding hydrogens is 209 g/mol. The second kappa shape index (κ2) is 3.81. The van der Waals surface area contributed by atoms with E-state index in [4.69, 9.17) is 11.8 Å². The predicted octanol–water partition coefficient (Wildman–Crippen LogP) is 2.43. The summed E-state index contributed by atoms with van der Waals surface area (Å²) in [4.78, 5) is 11.4. The first-order valence-corrected chi connectivity index (χ1v) is 3.89. The number of halogens is 2. The average Bonchev–Trinajstić information content (AvgIpc) is 2.12. The predicted molar refractivity (Wildman–Crippen MR) is 56.7 cm³/mol. The molecule has 4 heteroatoms. The topological polar surface area (TPSA) is 22.0 Å². The fraction of sp³-hybridized carbons (Fsp3) is 0. The van der Waals surface area contributed by atoms with Crippen molar-refractivity contribution in [3.63, 3.8) is 0 Å². The highest BCUT2D eigenvalue weighted by atomic mass is 35.5. The van der Waals surface area contributed by atoms with Gasteiger partial charge in [-0.3, -0.25) is 4.79 Å². The molecule has 0 amide bonds. The van der Waals surface area contributed by atoms with Gasteiger partial charge in [0.2, 0.25) is 0 Å². The maximum atomic E-state index is 11.4. The molecular formula is C9H7Cl2NO. The molecule has 0 saturated heterocycles. The minimum atomic E-state index is -0.172. The van der Waals surface area contributed by atoms with E-state index in [0.717, 1.165) is 9.47 Å². The molecule has 1 aromatic carbocycles. The third kappa shape index (κ3) is 1.69. The maximum Gasteiger partial charge on any atom is 0.272 e. The molecule has 0 saturated carbocycles. The van der Waals surface area contributed by atoms with Crippen LogP contribution in [0.4, 0.5) is 0 Å². The minimum Gasteiger partial charge on any atom is -0.267 e. The van der Waals surface area contributed by atoms with Crippen molar-refractivity contribution in [3.05, 3.63) is 46.9 Å². The lowest BCUT2D eigenvalue weighted by molar-refractivity contribution is 1.16. The Bertz CT molecular complexity index is 478. The van der Waals surface area contributed by atoms with Gasteiger partial charge in [-0.2, -0.15) is 0 Å². The Morgan fingerprint density at radius 1 is 1.15 bits per heavy atom. The van der Waals surface area contributed by atoms with Crippen LogP contribution in [0, 0.1) is 0 Å². The lowest BCUT2D eigenvalue weighted by Gasteiger charge is -1.96.